The Hall–Kier alpha value is -1.69. The molecule has 0 spiro atoms. The molecule has 0 aliphatic rings. The van der Waals surface area contributed by atoms with E-state index >= 15 is 0 Å². The molecule has 94 valence electrons. The van der Waals surface area contributed by atoms with Crippen molar-refractivity contribution in [1.82, 2.24) is 9.97 Å². The van der Waals surface area contributed by atoms with E-state index in [9.17, 15) is 4.39 Å². The third-order valence-corrected chi connectivity index (χ3v) is 2.69. The van der Waals surface area contributed by atoms with Gasteiger partial charge in [0.25, 0.3) is 5.88 Å². The molecule has 1 N–H and O–H groups in total. The highest BCUT2D eigenvalue weighted by molar-refractivity contribution is 9.10. The second-order valence-corrected chi connectivity index (χ2v) is 4.43. The van der Waals surface area contributed by atoms with Crippen molar-refractivity contribution in [3.05, 3.63) is 46.3 Å². The molecule has 4 nitrogen and oxygen atoms in total. The summed E-state index contributed by atoms with van der Waals surface area (Å²) in [6.07, 6.45) is 1.08. The van der Waals surface area contributed by atoms with Gasteiger partial charge in [-0.05, 0) is 17.7 Å². The molecule has 6 heteroatoms. The minimum Gasteiger partial charge on any atom is -0.471 e. The van der Waals surface area contributed by atoms with Gasteiger partial charge in [0.2, 0.25) is 11.8 Å². The average molecular weight is 312 g/mol. The number of halogens is 2. The number of rotatable bonds is 4. The Bertz CT molecular complexity index is 551. The van der Waals surface area contributed by atoms with E-state index in [1.807, 2.05) is 24.3 Å². The van der Waals surface area contributed by atoms with E-state index in [0.29, 0.717) is 5.95 Å². The van der Waals surface area contributed by atoms with Gasteiger partial charge in [0.15, 0.2) is 0 Å². The largest absolute Gasteiger partial charge is 0.471 e. The van der Waals surface area contributed by atoms with Gasteiger partial charge in [0.1, 0.15) is 6.61 Å². The number of nitrogens with one attached hydrogen (secondary N) is 1. The lowest BCUT2D eigenvalue weighted by Crippen LogP contribution is -2.03. The molecular formula is C12H11BrFN3O. The topological polar surface area (TPSA) is 47.0 Å². The fraction of sp³-hybridized carbons (Fsp3) is 0.167. The Morgan fingerprint density at radius 1 is 1.44 bits per heavy atom. The zero-order valence-electron chi connectivity index (χ0n) is 9.65. The summed E-state index contributed by atoms with van der Waals surface area (Å²) >= 11 is 3.36. The lowest BCUT2D eigenvalue weighted by molar-refractivity contribution is 0.276. The molecule has 0 aliphatic heterocycles. The maximum atomic E-state index is 13.4. The Balaban J connectivity index is 2.10. The van der Waals surface area contributed by atoms with Crippen LogP contribution in [0.25, 0.3) is 0 Å². The van der Waals surface area contributed by atoms with Crippen LogP contribution in [0.3, 0.4) is 0 Å². The van der Waals surface area contributed by atoms with Crippen LogP contribution in [0, 0.1) is 5.82 Å². The van der Waals surface area contributed by atoms with E-state index in [1.165, 1.54) is 0 Å². The number of hydrogen-bond acceptors (Lipinski definition) is 4. The number of nitrogens with zero attached hydrogens (tertiary/aromatic N) is 2. The summed E-state index contributed by atoms with van der Waals surface area (Å²) in [7, 11) is 1.66. The van der Waals surface area contributed by atoms with Gasteiger partial charge in [-0.2, -0.15) is 9.37 Å². The number of anilines is 1. The number of ether oxygens (including phenoxy) is 1. The number of aromatic nitrogens is 2. The van der Waals surface area contributed by atoms with E-state index in [4.69, 9.17) is 4.74 Å². The fourth-order valence-corrected chi connectivity index (χ4v) is 1.80. The van der Waals surface area contributed by atoms with E-state index in [1.54, 1.807) is 7.05 Å². The molecule has 18 heavy (non-hydrogen) atoms. The SMILES string of the molecule is CNc1ncc(F)c(OCc2cccc(Br)c2)n1. The number of benzene rings is 1. The number of hydrogen-bond donors (Lipinski definition) is 1. The van der Waals surface area contributed by atoms with E-state index in [0.717, 1.165) is 16.2 Å². The third kappa shape index (κ3) is 3.16. The summed E-state index contributed by atoms with van der Waals surface area (Å²) in [4.78, 5) is 7.64. The van der Waals surface area contributed by atoms with Crippen molar-refractivity contribution < 1.29 is 9.13 Å². The standard InChI is InChI=1S/C12H11BrFN3O/c1-15-12-16-6-10(14)11(17-12)18-7-8-3-2-4-9(13)5-8/h2-6H,7H2,1H3,(H,15,16,17). The fourth-order valence-electron chi connectivity index (χ4n) is 1.35. The van der Waals surface area contributed by atoms with Crippen LogP contribution in [0.2, 0.25) is 0 Å². The molecule has 2 aromatic rings. The van der Waals surface area contributed by atoms with Crippen LogP contribution in [0.1, 0.15) is 5.56 Å². The van der Waals surface area contributed by atoms with E-state index in [2.05, 4.69) is 31.2 Å². The Kier molecular flexibility index (Phi) is 4.09. The lowest BCUT2D eigenvalue weighted by Gasteiger charge is -2.07. The molecular weight excluding hydrogens is 301 g/mol. The Labute approximate surface area is 112 Å². The molecule has 0 saturated heterocycles. The molecule has 2 rings (SSSR count). The van der Waals surface area contributed by atoms with E-state index in [-0.39, 0.29) is 12.5 Å². The van der Waals surface area contributed by atoms with Crippen LogP contribution < -0.4 is 10.1 Å². The third-order valence-electron chi connectivity index (χ3n) is 2.20. The van der Waals surface area contributed by atoms with Gasteiger partial charge in [0.05, 0.1) is 6.20 Å². The summed E-state index contributed by atoms with van der Waals surface area (Å²) in [6.45, 7) is 0.247. The smallest absolute Gasteiger partial charge is 0.255 e. The molecule has 1 aromatic carbocycles. The van der Waals surface area contributed by atoms with Crippen LogP contribution in [0.4, 0.5) is 10.3 Å². The van der Waals surface area contributed by atoms with Gasteiger partial charge < -0.3 is 10.1 Å². The van der Waals surface area contributed by atoms with Gasteiger partial charge in [-0.3, -0.25) is 0 Å². The monoisotopic (exact) mass is 311 g/mol. The predicted octanol–water partition coefficient (Wildman–Crippen LogP) is 3.00. The summed E-state index contributed by atoms with van der Waals surface area (Å²) in [5.41, 5.74) is 0.924. The molecule has 1 aromatic heterocycles. The highest BCUT2D eigenvalue weighted by atomic mass is 79.9. The first kappa shape index (κ1) is 12.8. The molecule has 0 aliphatic carbocycles. The maximum absolute atomic E-state index is 13.4. The molecule has 1 heterocycles. The van der Waals surface area contributed by atoms with Gasteiger partial charge >= 0.3 is 0 Å². The first-order valence-electron chi connectivity index (χ1n) is 5.26. The van der Waals surface area contributed by atoms with Crippen molar-refractivity contribution in [3.63, 3.8) is 0 Å². The Morgan fingerprint density at radius 2 is 2.28 bits per heavy atom. The van der Waals surface area contributed by atoms with Crippen molar-refractivity contribution in [2.45, 2.75) is 6.61 Å². The minimum absolute atomic E-state index is 0.0608. The first-order chi connectivity index (χ1) is 8.69. The molecule has 0 amide bonds. The van der Waals surface area contributed by atoms with Gasteiger partial charge in [-0.15, -0.1) is 0 Å². The second kappa shape index (κ2) is 5.77. The summed E-state index contributed by atoms with van der Waals surface area (Å²) < 4.78 is 19.7. The van der Waals surface area contributed by atoms with Crippen LogP contribution in [0.15, 0.2) is 34.9 Å². The van der Waals surface area contributed by atoms with E-state index < -0.39 is 5.82 Å². The quantitative estimate of drug-likeness (QED) is 0.943. The normalized spacial score (nSPS) is 10.2. The molecule has 0 unspecified atom stereocenters. The molecule has 0 bridgehead atoms. The van der Waals surface area contributed by atoms with Gasteiger partial charge in [-0.25, -0.2) is 4.98 Å². The van der Waals surface area contributed by atoms with Crippen molar-refractivity contribution >= 4 is 21.9 Å². The molecule has 0 saturated carbocycles. The first-order valence-corrected chi connectivity index (χ1v) is 6.06. The van der Waals surface area contributed by atoms with Crippen molar-refractivity contribution in [3.8, 4) is 5.88 Å². The summed E-state index contributed by atoms with van der Waals surface area (Å²) in [5, 5.41) is 2.73. The van der Waals surface area contributed by atoms with Crippen LogP contribution in [0.5, 0.6) is 5.88 Å². The van der Waals surface area contributed by atoms with Crippen molar-refractivity contribution in [2.24, 2.45) is 0 Å². The average Bonchev–Trinajstić information content (AvgIpc) is 2.38. The zero-order chi connectivity index (χ0) is 13.0. The zero-order valence-corrected chi connectivity index (χ0v) is 11.2. The van der Waals surface area contributed by atoms with Crippen LogP contribution in [-0.2, 0) is 6.61 Å². The Morgan fingerprint density at radius 3 is 3.00 bits per heavy atom. The lowest BCUT2D eigenvalue weighted by atomic mass is 10.2. The van der Waals surface area contributed by atoms with Crippen molar-refractivity contribution in [1.29, 1.82) is 0 Å². The minimum atomic E-state index is -0.580. The molecule has 0 fully saturated rings. The highest BCUT2D eigenvalue weighted by Gasteiger charge is 2.07. The summed E-state index contributed by atoms with van der Waals surface area (Å²) in [6, 6.07) is 7.59. The highest BCUT2D eigenvalue weighted by Crippen LogP contribution is 2.17. The van der Waals surface area contributed by atoms with Crippen molar-refractivity contribution in [2.75, 3.05) is 12.4 Å². The summed E-state index contributed by atoms with van der Waals surface area (Å²) in [5.74, 6) is -0.320. The van der Waals surface area contributed by atoms with Gasteiger partial charge in [-0.1, -0.05) is 28.1 Å². The predicted molar refractivity (Wildman–Crippen MR) is 70.0 cm³/mol. The maximum Gasteiger partial charge on any atom is 0.255 e. The second-order valence-electron chi connectivity index (χ2n) is 3.52. The van der Waals surface area contributed by atoms with Gasteiger partial charge in [0, 0.05) is 11.5 Å². The molecule has 0 radical (unpaired) electrons. The van der Waals surface area contributed by atoms with Crippen LogP contribution >= 0.6 is 15.9 Å². The van der Waals surface area contributed by atoms with Crippen LogP contribution in [-0.4, -0.2) is 17.0 Å². The molecule has 0 atom stereocenters.